The topological polar surface area (TPSA) is 89.0 Å². The van der Waals surface area contributed by atoms with Crippen LogP contribution in [0.3, 0.4) is 0 Å². The van der Waals surface area contributed by atoms with E-state index in [4.69, 9.17) is 16.6 Å². The van der Waals surface area contributed by atoms with Crippen molar-refractivity contribution in [2.24, 2.45) is 0 Å². The Morgan fingerprint density at radius 2 is 1.81 bits per heavy atom. The fourth-order valence-electron chi connectivity index (χ4n) is 5.07. The van der Waals surface area contributed by atoms with Crippen molar-refractivity contribution in [1.82, 2.24) is 19.7 Å². The number of nitrogens with zero attached hydrogens (tertiary/aromatic N) is 4. The smallest absolute Gasteiger partial charge is 0.255 e. The molecule has 36 heavy (non-hydrogen) atoms. The van der Waals surface area contributed by atoms with Gasteiger partial charge in [-0.25, -0.2) is 0 Å². The summed E-state index contributed by atoms with van der Waals surface area (Å²) in [6.07, 6.45) is 0.676. The first-order valence-corrected chi connectivity index (χ1v) is 12.7. The molecule has 1 aromatic heterocycles. The Kier molecular flexibility index (Phi) is 7.48. The van der Waals surface area contributed by atoms with Gasteiger partial charge in [-0.3, -0.25) is 24.4 Å². The maximum atomic E-state index is 13.9. The van der Waals surface area contributed by atoms with Gasteiger partial charge in [0.05, 0.1) is 24.2 Å². The number of hydrogen-bond acceptors (Lipinski definition) is 6. The van der Waals surface area contributed by atoms with Crippen LogP contribution in [0.4, 0.5) is 5.69 Å². The quantitative estimate of drug-likeness (QED) is 0.533. The molecule has 0 spiro atoms. The molecule has 3 aromatic rings. The summed E-state index contributed by atoms with van der Waals surface area (Å²) in [5.41, 5.74) is 4.03. The van der Waals surface area contributed by atoms with Crippen LogP contribution in [0, 0.1) is 0 Å². The van der Waals surface area contributed by atoms with Crippen molar-refractivity contribution in [2.75, 3.05) is 57.7 Å². The Hall–Kier alpha value is -3.04. The number of benzene rings is 2. The van der Waals surface area contributed by atoms with Gasteiger partial charge in [-0.1, -0.05) is 35.9 Å². The van der Waals surface area contributed by atoms with E-state index >= 15 is 0 Å². The van der Waals surface area contributed by atoms with Gasteiger partial charge >= 0.3 is 0 Å². The minimum atomic E-state index is -0.123. The third kappa shape index (κ3) is 5.37. The van der Waals surface area contributed by atoms with Gasteiger partial charge < -0.3 is 15.3 Å². The van der Waals surface area contributed by atoms with Gasteiger partial charge in [-0.05, 0) is 24.3 Å². The molecule has 3 heterocycles. The third-order valence-corrected chi connectivity index (χ3v) is 7.13. The van der Waals surface area contributed by atoms with Crippen LogP contribution < -0.4 is 5.32 Å². The lowest BCUT2D eigenvalue weighted by atomic mass is 9.94. The van der Waals surface area contributed by atoms with E-state index in [0.717, 1.165) is 35.2 Å². The predicted octanol–water partition coefficient (Wildman–Crippen LogP) is 2.64. The van der Waals surface area contributed by atoms with E-state index < -0.39 is 0 Å². The Bertz CT molecular complexity index is 1280. The number of aliphatic hydroxyl groups excluding tert-OH is 1. The molecule has 1 fully saturated rings. The number of aromatic nitrogens is 1. The molecule has 0 radical (unpaired) electrons. The van der Waals surface area contributed by atoms with E-state index in [2.05, 4.69) is 15.1 Å². The molecule has 0 atom stereocenters. The van der Waals surface area contributed by atoms with E-state index in [9.17, 15) is 14.7 Å². The normalized spacial score (nSPS) is 16.7. The highest BCUT2D eigenvalue weighted by atomic mass is 35.5. The first-order valence-electron chi connectivity index (χ1n) is 12.3. The number of fused-ring (bicyclic) bond motifs is 2. The Labute approximate surface area is 215 Å². The maximum absolute atomic E-state index is 13.9. The summed E-state index contributed by atoms with van der Waals surface area (Å²) >= 11 is 6.04. The van der Waals surface area contributed by atoms with Crippen molar-refractivity contribution in [3.8, 4) is 0 Å². The average Bonchev–Trinajstić information content (AvgIpc) is 2.87. The van der Waals surface area contributed by atoms with E-state index in [1.54, 1.807) is 18.2 Å². The van der Waals surface area contributed by atoms with Crippen LogP contribution in [0.5, 0.6) is 0 Å². The molecule has 2 aliphatic heterocycles. The van der Waals surface area contributed by atoms with Gasteiger partial charge in [0.15, 0.2) is 0 Å². The number of β-amino-alcohol motifs (C(OH)–C–C–N with tert-alkyl or cyclic N) is 1. The number of carbonyl (C=O) groups is 2. The lowest BCUT2D eigenvalue weighted by Gasteiger charge is -2.36. The summed E-state index contributed by atoms with van der Waals surface area (Å²) < 4.78 is 0. The van der Waals surface area contributed by atoms with E-state index in [1.165, 1.54) is 0 Å². The second kappa shape index (κ2) is 10.9. The molecular weight excluding hydrogens is 478 g/mol. The fourth-order valence-corrected chi connectivity index (χ4v) is 5.26. The third-order valence-electron chi connectivity index (χ3n) is 6.89. The van der Waals surface area contributed by atoms with Gasteiger partial charge in [0.25, 0.3) is 5.91 Å². The number of rotatable bonds is 6. The van der Waals surface area contributed by atoms with Crippen LogP contribution in [-0.2, 0) is 17.8 Å². The molecule has 2 aromatic carbocycles. The molecule has 0 bridgehead atoms. The van der Waals surface area contributed by atoms with Crippen molar-refractivity contribution in [2.45, 2.75) is 13.0 Å². The number of anilines is 1. The van der Waals surface area contributed by atoms with Crippen LogP contribution in [0.2, 0.25) is 5.02 Å². The van der Waals surface area contributed by atoms with Crippen molar-refractivity contribution >= 4 is 40.0 Å². The van der Waals surface area contributed by atoms with Gasteiger partial charge in [-0.15, -0.1) is 0 Å². The molecule has 0 unspecified atom stereocenters. The first kappa shape index (κ1) is 24.6. The summed E-state index contributed by atoms with van der Waals surface area (Å²) in [5, 5.41) is 13.6. The van der Waals surface area contributed by atoms with Gasteiger partial charge in [0.1, 0.15) is 0 Å². The van der Waals surface area contributed by atoms with Crippen LogP contribution in [-0.4, -0.2) is 89.0 Å². The van der Waals surface area contributed by atoms with E-state index in [-0.39, 0.29) is 25.0 Å². The largest absolute Gasteiger partial charge is 0.395 e. The van der Waals surface area contributed by atoms with Crippen LogP contribution in [0.15, 0.2) is 48.5 Å². The Balaban J connectivity index is 1.38. The van der Waals surface area contributed by atoms with Gasteiger partial charge in [0, 0.05) is 79.6 Å². The van der Waals surface area contributed by atoms with Crippen molar-refractivity contribution in [3.05, 3.63) is 70.4 Å². The molecule has 2 aliphatic rings. The number of hydrogen-bond donors (Lipinski definition) is 2. The number of pyridine rings is 1. The molecule has 5 rings (SSSR count). The number of piperazine rings is 1. The fraction of sp³-hybridized carbons (Fsp3) is 0.370. The molecular formula is C27H30ClN5O3. The molecule has 8 nitrogen and oxygen atoms in total. The molecule has 2 N–H and O–H groups in total. The highest BCUT2D eigenvalue weighted by Crippen LogP contribution is 2.29. The Morgan fingerprint density at radius 1 is 1.00 bits per heavy atom. The average molecular weight is 508 g/mol. The zero-order chi connectivity index (χ0) is 25.1. The van der Waals surface area contributed by atoms with Gasteiger partial charge in [0.2, 0.25) is 5.91 Å². The van der Waals surface area contributed by atoms with Crippen LogP contribution >= 0.6 is 11.6 Å². The van der Waals surface area contributed by atoms with Crippen molar-refractivity contribution in [3.63, 3.8) is 0 Å². The van der Waals surface area contributed by atoms with Crippen LogP contribution in [0.1, 0.15) is 21.6 Å². The zero-order valence-electron chi connectivity index (χ0n) is 20.1. The standard InChI is InChI=1S/C27H30ClN5O3/c28-19-4-3-5-20(16-19)29-25(35)18-32-9-8-24-22(17-32)26(21-6-1-2-7-23(21)30-24)27(36)33-12-10-31(11-13-33)14-15-34/h1-7,16,34H,8-15,17-18H2,(H,29,35). The molecule has 188 valence electrons. The minimum Gasteiger partial charge on any atom is -0.395 e. The highest BCUT2D eigenvalue weighted by Gasteiger charge is 2.30. The lowest BCUT2D eigenvalue weighted by molar-refractivity contribution is -0.117. The Morgan fingerprint density at radius 3 is 2.58 bits per heavy atom. The number of amides is 2. The second-order valence-corrected chi connectivity index (χ2v) is 9.74. The summed E-state index contributed by atoms with van der Waals surface area (Å²) in [5.74, 6) is -0.110. The van der Waals surface area contributed by atoms with Crippen LogP contribution in [0.25, 0.3) is 10.9 Å². The second-order valence-electron chi connectivity index (χ2n) is 9.31. The molecule has 0 aliphatic carbocycles. The molecule has 9 heteroatoms. The first-order chi connectivity index (χ1) is 17.5. The predicted molar refractivity (Wildman–Crippen MR) is 140 cm³/mol. The summed E-state index contributed by atoms with van der Waals surface area (Å²) in [6, 6.07) is 14.9. The summed E-state index contributed by atoms with van der Waals surface area (Å²) in [7, 11) is 0. The lowest BCUT2D eigenvalue weighted by Crippen LogP contribution is -2.49. The molecule has 2 amide bonds. The molecule has 1 saturated heterocycles. The van der Waals surface area contributed by atoms with Crippen molar-refractivity contribution in [1.29, 1.82) is 0 Å². The number of nitrogens with one attached hydrogen (secondary N) is 1. The summed E-state index contributed by atoms with van der Waals surface area (Å²) in [6.45, 7) is 4.87. The number of para-hydroxylation sites is 1. The molecule has 0 saturated carbocycles. The van der Waals surface area contributed by atoms with E-state index in [1.807, 2.05) is 35.2 Å². The monoisotopic (exact) mass is 507 g/mol. The maximum Gasteiger partial charge on any atom is 0.255 e. The van der Waals surface area contributed by atoms with Gasteiger partial charge in [-0.2, -0.15) is 0 Å². The SMILES string of the molecule is O=C(CN1CCc2nc3ccccc3c(C(=O)N3CCN(CCO)CC3)c2C1)Nc1cccc(Cl)c1. The highest BCUT2D eigenvalue weighted by molar-refractivity contribution is 6.30. The minimum absolute atomic E-state index is 0.0127. The number of halogens is 1. The van der Waals surface area contributed by atoms with E-state index in [0.29, 0.717) is 55.4 Å². The zero-order valence-corrected chi connectivity index (χ0v) is 20.9. The number of carbonyl (C=O) groups excluding carboxylic acids is 2. The van der Waals surface area contributed by atoms with Crippen molar-refractivity contribution < 1.29 is 14.7 Å². The summed E-state index contributed by atoms with van der Waals surface area (Å²) in [4.78, 5) is 37.7. The number of aliphatic hydroxyl groups is 1.